The Bertz CT molecular complexity index is 4630. The highest BCUT2D eigenvalue weighted by Gasteiger charge is 2.31. The van der Waals surface area contributed by atoms with Gasteiger partial charge in [-0.05, 0) is 103 Å². The van der Waals surface area contributed by atoms with Gasteiger partial charge in [-0.3, -0.25) is 4.79 Å². The number of pyridine rings is 3. The number of nitrogens with zero attached hydrogens (tertiary/aromatic N) is 16. The molecule has 0 radical (unpaired) electrons. The van der Waals surface area contributed by atoms with Gasteiger partial charge in [0.15, 0.2) is 23.3 Å². The number of amidine groups is 4. The summed E-state index contributed by atoms with van der Waals surface area (Å²) in [5.74, 6) is 1.63. The number of ether oxygens (including phenoxy) is 1. The van der Waals surface area contributed by atoms with E-state index in [0.29, 0.717) is 228 Å². The van der Waals surface area contributed by atoms with Crippen molar-refractivity contribution in [3.05, 3.63) is 233 Å². The van der Waals surface area contributed by atoms with E-state index in [9.17, 15) is 35.2 Å². The number of amides is 1. The zero-order valence-corrected chi connectivity index (χ0v) is 66.6. The molecule has 25 nitrogen and oxygen atoms in total. The maximum atomic E-state index is 12.1. The number of carboxylic acid groups (broad SMARTS) is 1. The zero-order chi connectivity index (χ0) is 78.0. The van der Waals surface area contributed by atoms with Crippen LogP contribution in [0.5, 0.6) is 0 Å². The number of oxime groups is 4. The minimum Gasteiger partial charge on any atom is -0.478 e. The van der Waals surface area contributed by atoms with Crippen molar-refractivity contribution in [1.82, 2.24) is 39.5 Å². The smallest absolute Gasteiger partial charge is 0.337 e. The molecule has 5 N–H and O–H groups in total. The first-order valence-corrected chi connectivity index (χ1v) is 37.2. The van der Waals surface area contributed by atoms with E-state index in [1.807, 2.05) is 35.5 Å². The summed E-state index contributed by atoms with van der Waals surface area (Å²) in [4.78, 5) is 64.9. The second-order valence-electron chi connectivity index (χ2n) is 24.1. The van der Waals surface area contributed by atoms with Crippen LogP contribution in [0.3, 0.4) is 0 Å². The largest absolute Gasteiger partial charge is 0.478 e. The number of esters is 1. The third-order valence-corrected chi connectivity index (χ3v) is 20.8. The SMILES string of the molecule is CN(C)C(=O)c1cnc(N2CCN(C(=NO)c3c(Cl)cccc3Cl)CC2)c(Cl)c1.COC(=O)c1ccc(N2CCN(C(=NO)c3c(Cl)cccc3Cl)CC2)c(Cl)c1.O=C(O)c1cnc(N2CCN(C(=NO)c3cc(Cl)ccc3Cl)CC2)c(Cl)c1.ON=C(c1cc(Cl)ccc1Cl)N1CCN(c2ncccc2Cl)CC1. The molecule has 8 aromatic rings. The van der Waals surface area contributed by atoms with Crippen molar-refractivity contribution in [2.24, 2.45) is 20.6 Å². The minimum atomic E-state index is -1.08. The summed E-state index contributed by atoms with van der Waals surface area (Å²) < 4.78 is 4.71. The number of halogens is 12. The van der Waals surface area contributed by atoms with E-state index in [2.05, 4.69) is 45.4 Å². The molecule has 4 saturated heterocycles. The number of aromatic carboxylic acids is 1. The molecule has 1 amide bonds. The van der Waals surface area contributed by atoms with Gasteiger partial charge in [-0.25, -0.2) is 24.5 Å². The number of carbonyl (C=O) groups excluding carboxylic acids is 2. The maximum Gasteiger partial charge on any atom is 0.337 e. The Kier molecular flexibility index (Phi) is 30.5. The highest BCUT2D eigenvalue weighted by molar-refractivity contribution is 6.41. The van der Waals surface area contributed by atoms with Crippen LogP contribution in [-0.4, -0.2) is 232 Å². The molecule has 12 rings (SSSR count). The van der Waals surface area contributed by atoms with Crippen LogP contribution >= 0.6 is 139 Å². The number of methoxy groups -OCH3 is 1. The molecule has 0 atom stereocenters. The van der Waals surface area contributed by atoms with Crippen molar-refractivity contribution in [3.8, 4) is 0 Å². The third-order valence-electron chi connectivity index (χ3n) is 17.3. The number of aromatic nitrogens is 3. The normalized spacial score (nSPS) is 15.1. The Morgan fingerprint density at radius 2 is 0.750 bits per heavy atom. The van der Waals surface area contributed by atoms with Crippen LogP contribution in [0.4, 0.5) is 23.1 Å². The second-order valence-corrected chi connectivity index (χ2v) is 29.0. The number of anilines is 4. The molecule has 0 unspecified atom stereocenters. The summed E-state index contributed by atoms with van der Waals surface area (Å²) in [5, 5.41) is 66.2. The van der Waals surface area contributed by atoms with Gasteiger partial charge >= 0.3 is 11.9 Å². The van der Waals surface area contributed by atoms with E-state index in [1.165, 1.54) is 30.5 Å². The maximum absolute atomic E-state index is 12.1. The molecule has 0 aliphatic carbocycles. The van der Waals surface area contributed by atoms with Gasteiger partial charge < -0.3 is 74.8 Å². The quantitative estimate of drug-likeness (QED) is 0.0264. The lowest BCUT2D eigenvalue weighted by Gasteiger charge is -2.37. The van der Waals surface area contributed by atoms with E-state index >= 15 is 0 Å². The number of rotatable bonds is 11. The average molecular weight is 1710 g/mol. The summed E-state index contributed by atoms with van der Waals surface area (Å²) >= 11 is 74.7. The van der Waals surface area contributed by atoms with E-state index in [0.717, 1.165) is 11.5 Å². The standard InChI is InChI=1S/C19H20Cl3N5O2.C19H18Cl3N3O3.C17H15Cl3N4O3.C16H15Cl3N4O/c1-25(2)19(28)12-10-15(22)17(23-11-12)26-6-8-27(9-7-26)18(24-29)16-13(20)4-3-5-14(16)21;1-28-19(26)12-5-6-16(15(22)11-12)24-7-9-25(10-8-24)18(23-27)17-13(20)3-2-4-14(17)21;18-11-1-2-13(19)12(8-11)15(22-27)23-3-5-24(6-4-23)16-14(20)7-10(9-21-16)17(25)26;17-11-3-4-13(18)12(10-11)15(21-24)22-6-8-23(9-7-22)16-14(19)2-1-5-20-16/h3-5,10-11,29H,6-9H2,1-2H3;2-6,11,27H,7-10H2,1H3;1-2,7-9,27H,3-6H2,(H,25,26);1-5,10,24H,6-9H2. The number of piperazine rings is 4. The summed E-state index contributed by atoms with van der Waals surface area (Å²) in [6.45, 7) is 9.59. The predicted octanol–water partition coefficient (Wildman–Crippen LogP) is 15.8. The van der Waals surface area contributed by atoms with Gasteiger partial charge in [-0.1, -0.05) is 172 Å². The van der Waals surface area contributed by atoms with E-state index in [1.54, 1.807) is 123 Å². The minimum absolute atomic E-state index is 0.0349. The molecular weight excluding hydrogens is 1650 g/mol. The van der Waals surface area contributed by atoms with Gasteiger partial charge in [0.1, 0.15) is 17.5 Å². The lowest BCUT2D eigenvalue weighted by atomic mass is 10.1. The molecule has 0 spiro atoms. The highest BCUT2D eigenvalue weighted by atomic mass is 35.5. The number of carboxylic acids is 1. The molecule has 7 heterocycles. The number of carbonyl (C=O) groups is 3. The summed E-state index contributed by atoms with van der Waals surface area (Å²) in [5.41, 5.74) is 3.85. The van der Waals surface area contributed by atoms with Gasteiger partial charge in [-0.15, -0.1) is 0 Å². The number of hydrogen-bond acceptors (Lipinski definition) is 19. The van der Waals surface area contributed by atoms with Gasteiger partial charge in [-0.2, -0.15) is 0 Å². The van der Waals surface area contributed by atoms with E-state index < -0.39 is 11.9 Å². The molecule has 37 heteroatoms. The van der Waals surface area contributed by atoms with E-state index in [-0.39, 0.29) is 16.5 Å². The summed E-state index contributed by atoms with van der Waals surface area (Å²) in [7, 11) is 4.68. The van der Waals surface area contributed by atoms with Gasteiger partial charge in [0, 0.05) is 159 Å². The molecule has 5 aromatic carbocycles. The van der Waals surface area contributed by atoms with Crippen LogP contribution in [-0.2, 0) is 4.74 Å². The van der Waals surface area contributed by atoms with Crippen LogP contribution in [0.1, 0.15) is 53.3 Å². The first-order chi connectivity index (χ1) is 51.8. The van der Waals surface area contributed by atoms with Crippen molar-refractivity contribution in [1.29, 1.82) is 0 Å². The summed E-state index contributed by atoms with van der Waals surface area (Å²) in [6.07, 6.45) is 4.53. The Hall–Kier alpha value is -8.28. The fraction of sp³-hybridized carbons (Fsp3) is 0.268. The zero-order valence-electron chi connectivity index (χ0n) is 57.6. The Labute approximate surface area is 681 Å². The van der Waals surface area contributed by atoms with Crippen LogP contribution in [0.2, 0.25) is 60.3 Å². The van der Waals surface area contributed by atoms with Crippen molar-refractivity contribution in [3.63, 3.8) is 0 Å². The number of hydrogen-bond donors (Lipinski definition) is 5. The van der Waals surface area contributed by atoms with Gasteiger partial charge in [0.25, 0.3) is 5.91 Å². The molecule has 3 aromatic heterocycles. The fourth-order valence-electron chi connectivity index (χ4n) is 11.9. The monoisotopic (exact) mass is 1710 g/mol. The first kappa shape index (κ1) is 83.8. The van der Waals surface area contributed by atoms with Crippen molar-refractivity contribution >= 4 is 204 Å². The predicted molar refractivity (Wildman–Crippen MR) is 430 cm³/mol. The topological polar surface area (TPSA) is 279 Å². The van der Waals surface area contributed by atoms with Crippen LogP contribution in [0, 0.1) is 0 Å². The molecule has 4 fully saturated rings. The Balaban J connectivity index is 0.000000166. The van der Waals surface area contributed by atoms with Gasteiger partial charge in [0.05, 0.1) is 90.8 Å². The molecule has 570 valence electrons. The number of benzene rings is 5. The highest BCUT2D eigenvalue weighted by Crippen LogP contribution is 2.35. The van der Waals surface area contributed by atoms with Crippen molar-refractivity contribution in [2.75, 3.05) is 146 Å². The lowest BCUT2D eigenvalue weighted by molar-refractivity contribution is 0.0599. The Morgan fingerprint density at radius 1 is 0.389 bits per heavy atom. The van der Waals surface area contributed by atoms with Crippen LogP contribution in [0.15, 0.2) is 154 Å². The van der Waals surface area contributed by atoms with E-state index in [4.69, 9.17) is 149 Å². The molecule has 0 saturated carbocycles. The Morgan fingerprint density at radius 3 is 1.11 bits per heavy atom. The van der Waals surface area contributed by atoms with Gasteiger partial charge in [0.2, 0.25) is 0 Å². The van der Waals surface area contributed by atoms with Crippen LogP contribution < -0.4 is 19.6 Å². The molecule has 4 aliphatic rings. The lowest BCUT2D eigenvalue weighted by Crippen LogP contribution is -2.49. The van der Waals surface area contributed by atoms with Crippen LogP contribution in [0.25, 0.3) is 0 Å². The van der Waals surface area contributed by atoms with Crippen molar-refractivity contribution in [2.45, 2.75) is 0 Å². The fourth-order valence-corrected chi connectivity index (χ4v) is 14.9. The molecular formula is C71H68Cl12N16O9. The average Bonchev–Trinajstić information content (AvgIpc) is 0.816. The summed E-state index contributed by atoms with van der Waals surface area (Å²) in [6, 6.07) is 32.0. The molecule has 4 aliphatic heterocycles. The first-order valence-electron chi connectivity index (χ1n) is 32.7. The van der Waals surface area contributed by atoms with Crippen molar-refractivity contribution < 1.29 is 45.1 Å². The third kappa shape index (κ3) is 20.8. The second kappa shape index (κ2) is 39.4. The molecule has 0 bridgehead atoms. The molecule has 108 heavy (non-hydrogen) atoms.